The molecule has 3 aromatic rings. The van der Waals surface area contributed by atoms with E-state index in [2.05, 4.69) is 5.16 Å². The minimum atomic E-state index is -1.01. The largest absolute Gasteiger partial charge is 0.455 e. The number of carbonyl (C=O) groups is 1. The van der Waals surface area contributed by atoms with Crippen LogP contribution in [0.4, 0.5) is 13.2 Å². The SMILES string of the molecule is O=C(OCc1cc(-c2ccc(F)cc2)on1)c1ccc(F)cc1F. The van der Waals surface area contributed by atoms with Gasteiger partial charge in [-0.3, -0.25) is 0 Å². The molecule has 7 heteroatoms. The van der Waals surface area contributed by atoms with Crippen molar-refractivity contribution in [3.05, 3.63) is 77.2 Å². The first-order valence-corrected chi connectivity index (χ1v) is 6.86. The van der Waals surface area contributed by atoms with Gasteiger partial charge in [-0.1, -0.05) is 5.16 Å². The minimum Gasteiger partial charge on any atom is -0.455 e. The Labute approximate surface area is 134 Å². The molecule has 0 bridgehead atoms. The van der Waals surface area contributed by atoms with E-state index in [1.165, 1.54) is 30.3 Å². The fourth-order valence-electron chi connectivity index (χ4n) is 2.00. The van der Waals surface area contributed by atoms with Gasteiger partial charge in [0.15, 0.2) is 5.76 Å². The zero-order chi connectivity index (χ0) is 17.1. The molecule has 0 aliphatic rings. The molecule has 4 nitrogen and oxygen atoms in total. The van der Waals surface area contributed by atoms with Crippen LogP contribution in [0, 0.1) is 17.5 Å². The van der Waals surface area contributed by atoms with Gasteiger partial charge in [-0.25, -0.2) is 18.0 Å². The predicted octanol–water partition coefficient (Wildman–Crippen LogP) is 4.12. The third-order valence-electron chi connectivity index (χ3n) is 3.19. The fraction of sp³-hybridized carbons (Fsp3) is 0.0588. The highest BCUT2D eigenvalue weighted by molar-refractivity contribution is 5.89. The van der Waals surface area contributed by atoms with Crippen LogP contribution in [0.5, 0.6) is 0 Å². The van der Waals surface area contributed by atoms with Crippen LogP contribution in [0.1, 0.15) is 16.1 Å². The van der Waals surface area contributed by atoms with Gasteiger partial charge in [0.1, 0.15) is 29.8 Å². The van der Waals surface area contributed by atoms with Gasteiger partial charge < -0.3 is 9.26 Å². The summed E-state index contributed by atoms with van der Waals surface area (Å²) in [6.07, 6.45) is 0. The number of carbonyl (C=O) groups excluding carboxylic acids is 1. The van der Waals surface area contributed by atoms with E-state index in [4.69, 9.17) is 9.26 Å². The third-order valence-corrected chi connectivity index (χ3v) is 3.19. The van der Waals surface area contributed by atoms with E-state index in [1.54, 1.807) is 0 Å². The summed E-state index contributed by atoms with van der Waals surface area (Å²) in [5.74, 6) is -2.75. The molecule has 0 radical (unpaired) electrons. The number of nitrogens with zero attached hydrogens (tertiary/aromatic N) is 1. The summed E-state index contributed by atoms with van der Waals surface area (Å²) >= 11 is 0. The van der Waals surface area contributed by atoms with Crippen molar-refractivity contribution >= 4 is 5.97 Å². The highest BCUT2D eigenvalue weighted by atomic mass is 19.1. The second kappa shape index (κ2) is 6.57. The number of esters is 1. The summed E-state index contributed by atoms with van der Waals surface area (Å²) in [5, 5.41) is 3.72. The maximum atomic E-state index is 13.5. The molecule has 0 N–H and O–H groups in total. The van der Waals surface area contributed by atoms with Crippen molar-refractivity contribution < 1.29 is 27.2 Å². The second-order valence-electron chi connectivity index (χ2n) is 4.89. The average molecular weight is 333 g/mol. The molecule has 0 aliphatic carbocycles. The lowest BCUT2D eigenvalue weighted by atomic mass is 10.1. The molecule has 0 unspecified atom stereocenters. The molecule has 0 spiro atoms. The maximum Gasteiger partial charge on any atom is 0.341 e. The van der Waals surface area contributed by atoms with Gasteiger partial charge >= 0.3 is 5.97 Å². The monoisotopic (exact) mass is 333 g/mol. The smallest absolute Gasteiger partial charge is 0.341 e. The summed E-state index contributed by atoms with van der Waals surface area (Å²) < 4.78 is 49.2. The van der Waals surface area contributed by atoms with E-state index in [0.29, 0.717) is 23.1 Å². The quantitative estimate of drug-likeness (QED) is 0.674. The van der Waals surface area contributed by atoms with Gasteiger partial charge in [-0.2, -0.15) is 0 Å². The average Bonchev–Trinajstić information content (AvgIpc) is 3.02. The number of aromatic nitrogens is 1. The van der Waals surface area contributed by atoms with Crippen LogP contribution in [0.15, 0.2) is 53.1 Å². The standard InChI is InChI=1S/C17H10F3NO3/c18-11-3-1-10(2-4-11)16-8-13(21-24-16)9-23-17(22)14-6-5-12(19)7-15(14)20/h1-8H,9H2. The molecule has 122 valence electrons. The van der Waals surface area contributed by atoms with Gasteiger partial charge in [0.25, 0.3) is 0 Å². The number of rotatable bonds is 4. The highest BCUT2D eigenvalue weighted by Gasteiger charge is 2.15. The normalized spacial score (nSPS) is 10.6. The predicted molar refractivity (Wildman–Crippen MR) is 77.4 cm³/mol. The van der Waals surface area contributed by atoms with E-state index in [-0.39, 0.29) is 18.0 Å². The molecular formula is C17H10F3NO3. The van der Waals surface area contributed by atoms with Crippen LogP contribution in [0.3, 0.4) is 0 Å². The van der Waals surface area contributed by atoms with Crippen molar-refractivity contribution in [1.29, 1.82) is 0 Å². The van der Waals surface area contributed by atoms with Crippen molar-refractivity contribution in [1.82, 2.24) is 5.16 Å². The molecule has 1 aromatic heterocycles. The summed E-state index contributed by atoms with van der Waals surface area (Å²) in [7, 11) is 0. The summed E-state index contributed by atoms with van der Waals surface area (Å²) in [6.45, 7) is -0.250. The molecular weight excluding hydrogens is 323 g/mol. The number of benzene rings is 2. The first-order valence-electron chi connectivity index (χ1n) is 6.86. The topological polar surface area (TPSA) is 52.3 Å². The van der Waals surface area contributed by atoms with Crippen LogP contribution in [-0.2, 0) is 11.3 Å². The Morgan fingerprint density at radius 3 is 2.42 bits per heavy atom. The van der Waals surface area contributed by atoms with Gasteiger partial charge in [0.05, 0.1) is 5.56 Å². The van der Waals surface area contributed by atoms with Crippen molar-refractivity contribution in [2.75, 3.05) is 0 Å². The molecule has 24 heavy (non-hydrogen) atoms. The van der Waals surface area contributed by atoms with Gasteiger partial charge in [0, 0.05) is 17.7 Å². The first-order chi connectivity index (χ1) is 11.5. The van der Waals surface area contributed by atoms with Crippen LogP contribution in [-0.4, -0.2) is 11.1 Å². The van der Waals surface area contributed by atoms with Crippen molar-refractivity contribution in [2.45, 2.75) is 6.61 Å². The fourth-order valence-corrected chi connectivity index (χ4v) is 2.00. The molecule has 0 aliphatic heterocycles. The van der Waals surface area contributed by atoms with E-state index >= 15 is 0 Å². The number of hydrogen-bond acceptors (Lipinski definition) is 4. The molecule has 1 heterocycles. The molecule has 0 saturated carbocycles. The van der Waals surface area contributed by atoms with Gasteiger partial charge in [0.2, 0.25) is 0 Å². The highest BCUT2D eigenvalue weighted by Crippen LogP contribution is 2.21. The molecule has 3 rings (SSSR count). The van der Waals surface area contributed by atoms with Crippen LogP contribution in [0.2, 0.25) is 0 Å². The number of halogens is 3. The van der Waals surface area contributed by atoms with Crippen LogP contribution < -0.4 is 0 Å². The Balaban J connectivity index is 1.67. The Morgan fingerprint density at radius 1 is 1.00 bits per heavy atom. The first kappa shape index (κ1) is 15.8. The minimum absolute atomic E-state index is 0.250. The van der Waals surface area contributed by atoms with Crippen molar-refractivity contribution in [3.63, 3.8) is 0 Å². The maximum absolute atomic E-state index is 13.5. The summed E-state index contributed by atoms with van der Waals surface area (Å²) in [6, 6.07) is 9.64. The van der Waals surface area contributed by atoms with Crippen molar-refractivity contribution in [2.24, 2.45) is 0 Å². The van der Waals surface area contributed by atoms with E-state index < -0.39 is 17.6 Å². The van der Waals surface area contributed by atoms with Gasteiger partial charge in [-0.15, -0.1) is 0 Å². The summed E-state index contributed by atoms with van der Waals surface area (Å²) in [4.78, 5) is 11.8. The molecule has 0 saturated heterocycles. The number of hydrogen-bond donors (Lipinski definition) is 0. The number of ether oxygens (including phenoxy) is 1. The molecule has 0 atom stereocenters. The molecule has 0 fully saturated rings. The van der Waals surface area contributed by atoms with Crippen LogP contribution in [0.25, 0.3) is 11.3 Å². The van der Waals surface area contributed by atoms with Gasteiger partial charge in [-0.05, 0) is 36.4 Å². The second-order valence-corrected chi connectivity index (χ2v) is 4.89. The molecule has 2 aromatic carbocycles. The lowest BCUT2D eigenvalue weighted by Crippen LogP contribution is -2.08. The Morgan fingerprint density at radius 2 is 1.71 bits per heavy atom. The Bertz CT molecular complexity index is 875. The Hall–Kier alpha value is -3.09. The van der Waals surface area contributed by atoms with E-state index in [0.717, 1.165) is 12.1 Å². The zero-order valence-corrected chi connectivity index (χ0v) is 12.1. The van der Waals surface area contributed by atoms with E-state index in [1.807, 2.05) is 0 Å². The summed E-state index contributed by atoms with van der Waals surface area (Å²) in [5.41, 5.74) is 0.523. The van der Waals surface area contributed by atoms with E-state index in [9.17, 15) is 18.0 Å². The third kappa shape index (κ3) is 3.45. The lowest BCUT2D eigenvalue weighted by molar-refractivity contribution is 0.0459. The lowest BCUT2D eigenvalue weighted by Gasteiger charge is -2.03. The van der Waals surface area contributed by atoms with Crippen LogP contribution >= 0.6 is 0 Å². The van der Waals surface area contributed by atoms with Crippen molar-refractivity contribution in [3.8, 4) is 11.3 Å². The zero-order valence-electron chi connectivity index (χ0n) is 12.1. The Kier molecular flexibility index (Phi) is 4.33. The molecule has 0 amide bonds.